The van der Waals surface area contributed by atoms with Crippen LogP contribution in [0.25, 0.3) is 0 Å². The van der Waals surface area contributed by atoms with Crippen molar-refractivity contribution >= 4 is 17.7 Å². The number of ether oxygens (including phenoxy) is 1. The third-order valence-electron chi connectivity index (χ3n) is 3.21. The number of halogens is 3. The van der Waals surface area contributed by atoms with Gasteiger partial charge in [-0.15, -0.1) is 0 Å². The molecular weight excluding hydrogens is 352 g/mol. The van der Waals surface area contributed by atoms with Gasteiger partial charge < -0.3 is 10.1 Å². The largest absolute Gasteiger partial charge is 0.444 e. The van der Waals surface area contributed by atoms with Crippen LogP contribution in [0.15, 0.2) is 36.5 Å². The lowest BCUT2D eigenvalue weighted by Gasteiger charge is -2.23. The predicted octanol–water partition coefficient (Wildman–Crippen LogP) is 4.74. The van der Waals surface area contributed by atoms with Gasteiger partial charge in [0, 0.05) is 11.2 Å². The van der Waals surface area contributed by atoms with Gasteiger partial charge in [0.2, 0.25) is 0 Å². The predicted molar refractivity (Wildman–Crippen MR) is 90.7 cm³/mol. The van der Waals surface area contributed by atoms with Gasteiger partial charge in [-0.1, -0.05) is 23.7 Å². The lowest BCUT2D eigenvalue weighted by molar-refractivity contribution is 0.0497. The molecule has 0 unspecified atom stereocenters. The molecule has 136 valence electrons. The van der Waals surface area contributed by atoms with E-state index in [1.807, 2.05) is 6.07 Å². The number of carbonyl (C=O) groups is 1. The van der Waals surface area contributed by atoms with Gasteiger partial charge in [-0.25, -0.2) is 9.48 Å². The van der Waals surface area contributed by atoms with Gasteiger partial charge in [-0.3, -0.25) is 0 Å². The molecule has 1 atom stereocenters. The number of nitrogens with one attached hydrogen (secondary N) is 1. The summed E-state index contributed by atoms with van der Waals surface area (Å²) >= 11 is 5.98. The highest BCUT2D eigenvalue weighted by Crippen LogP contribution is 2.21. The minimum absolute atomic E-state index is 0.311. The van der Waals surface area contributed by atoms with E-state index in [2.05, 4.69) is 10.4 Å². The van der Waals surface area contributed by atoms with Gasteiger partial charge in [0.15, 0.2) is 0 Å². The van der Waals surface area contributed by atoms with Crippen LogP contribution in [0, 0.1) is 0 Å². The molecule has 0 saturated carbocycles. The molecule has 2 rings (SSSR count). The Bertz CT molecular complexity index is 729. The molecule has 0 radical (unpaired) electrons. The Hall–Kier alpha value is -2.15. The Kier molecular flexibility index (Phi) is 6.00. The van der Waals surface area contributed by atoms with Crippen molar-refractivity contribution in [2.24, 2.45) is 0 Å². The first-order chi connectivity index (χ1) is 11.6. The second-order valence-corrected chi connectivity index (χ2v) is 6.97. The number of hydrogen-bond donors (Lipinski definition) is 1. The maximum atomic E-state index is 12.8. The second kappa shape index (κ2) is 7.82. The van der Waals surface area contributed by atoms with Crippen LogP contribution in [0.2, 0.25) is 5.02 Å². The molecule has 1 aromatic heterocycles. The van der Waals surface area contributed by atoms with E-state index < -0.39 is 24.3 Å². The number of amides is 1. The molecule has 0 aliphatic heterocycles. The smallest absolute Gasteiger partial charge is 0.408 e. The molecule has 0 aliphatic rings. The van der Waals surface area contributed by atoms with Crippen molar-refractivity contribution in [2.75, 3.05) is 0 Å². The first kappa shape index (κ1) is 19.2. The molecule has 0 bridgehead atoms. The van der Waals surface area contributed by atoms with Gasteiger partial charge >= 0.3 is 12.6 Å². The third kappa shape index (κ3) is 6.01. The first-order valence-corrected chi connectivity index (χ1v) is 8.09. The van der Waals surface area contributed by atoms with E-state index in [1.54, 1.807) is 39.0 Å². The zero-order valence-electron chi connectivity index (χ0n) is 14.2. The minimum atomic E-state index is -2.75. The number of alkyl halides is 2. The fourth-order valence-corrected chi connectivity index (χ4v) is 2.44. The highest BCUT2D eigenvalue weighted by atomic mass is 35.5. The monoisotopic (exact) mass is 371 g/mol. The number of benzene rings is 1. The molecule has 5 nitrogen and oxygen atoms in total. The van der Waals surface area contributed by atoms with Crippen molar-refractivity contribution < 1.29 is 18.3 Å². The summed E-state index contributed by atoms with van der Waals surface area (Å²) in [6, 6.07) is 7.90. The van der Waals surface area contributed by atoms with Crippen LogP contribution in [0.1, 0.15) is 44.6 Å². The molecule has 0 spiro atoms. The summed E-state index contributed by atoms with van der Waals surface area (Å²) in [5, 5.41) is 7.07. The van der Waals surface area contributed by atoms with Gasteiger partial charge in [-0.05, 0) is 51.0 Å². The Labute approximate surface area is 149 Å². The van der Waals surface area contributed by atoms with Crippen LogP contribution >= 0.6 is 11.6 Å². The standard InChI is InChI=1S/C17H20ClF2N3O2/c1-17(2,3)25-16(24)21-14(10-11-5-4-6-12(18)9-11)13-7-8-23(22-13)15(19)20/h4-9,14-15H,10H2,1-3H3,(H,21,24)/t14-/m0/s1. The summed E-state index contributed by atoms with van der Waals surface area (Å²) < 4.78 is 31.3. The van der Waals surface area contributed by atoms with Crippen molar-refractivity contribution in [3.8, 4) is 0 Å². The normalized spacial score (nSPS) is 12.9. The van der Waals surface area contributed by atoms with Crippen LogP contribution in [0.5, 0.6) is 0 Å². The fraction of sp³-hybridized carbons (Fsp3) is 0.412. The Morgan fingerprint density at radius 2 is 2.08 bits per heavy atom. The van der Waals surface area contributed by atoms with E-state index in [0.717, 1.165) is 5.56 Å². The van der Waals surface area contributed by atoms with Crippen molar-refractivity contribution in [3.63, 3.8) is 0 Å². The average Bonchev–Trinajstić information content (AvgIpc) is 2.94. The number of nitrogens with zero attached hydrogens (tertiary/aromatic N) is 2. The zero-order valence-corrected chi connectivity index (χ0v) is 14.9. The van der Waals surface area contributed by atoms with E-state index in [1.165, 1.54) is 12.3 Å². The van der Waals surface area contributed by atoms with Crippen LogP contribution in [-0.2, 0) is 11.2 Å². The van der Waals surface area contributed by atoms with Gasteiger partial charge in [0.1, 0.15) is 5.60 Å². The lowest BCUT2D eigenvalue weighted by Crippen LogP contribution is -2.36. The molecule has 1 heterocycles. The van der Waals surface area contributed by atoms with Crippen LogP contribution in [-0.4, -0.2) is 21.5 Å². The van der Waals surface area contributed by atoms with E-state index in [-0.39, 0.29) is 0 Å². The van der Waals surface area contributed by atoms with Crippen molar-refractivity contribution in [1.82, 2.24) is 15.1 Å². The molecule has 1 N–H and O–H groups in total. The number of rotatable bonds is 5. The maximum absolute atomic E-state index is 12.8. The van der Waals surface area contributed by atoms with Crippen LogP contribution in [0.4, 0.5) is 13.6 Å². The van der Waals surface area contributed by atoms with Gasteiger partial charge in [0.25, 0.3) is 0 Å². The Morgan fingerprint density at radius 3 is 2.64 bits per heavy atom. The SMILES string of the molecule is CC(C)(C)OC(=O)N[C@@H](Cc1cccc(Cl)c1)c1ccn(C(F)F)n1. The fourth-order valence-electron chi connectivity index (χ4n) is 2.23. The highest BCUT2D eigenvalue weighted by Gasteiger charge is 2.23. The van der Waals surface area contributed by atoms with E-state index >= 15 is 0 Å². The van der Waals surface area contributed by atoms with Gasteiger partial charge in [0.05, 0.1) is 11.7 Å². The van der Waals surface area contributed by atoms with E-state index in [9.17, 15) is 13.6 Å². The van der Waals surface area contributed by atoms with E-state index in [0.29, 0.717) is 21.8 Å². The number of aromatic nitrogens is 2. The minimum Gasteiger partial charge on any atom is -0.444 e. The summed E-state index contributed by atoms with van der Waals surface area (Å²) in [5.41, 5.74) is 0.471. The molecule has 1 amide bonds. The van der Waals surface area contributed by atoms with Crippen molar-refractivity contribution in [3.05, 3.63) is 52.8 Å². The summed E-state index contributed by atoms with van der Waals surface area (Å²) in [5.74, 6) is 0. The second-order valence-electron chi connectivity index (χ2n) is 6.53. The molecule has 0 aliphatic carbocycles. The Morgan fingerprint density at radius 1 is 1.36 bits per heavy atom. The van der Waals surface area contributed by atoms with Gasteiger partial charge in [-0.2, -0.15) is 13.9 Å². The lowest BCUT2D eigenvalue weighted by atomic mass is 10.0. The number of carbonyl (C=O) groups excluding carboxylic acids is 1. The summed E-state index contributed by atoms with van der Waals surface area (Å²) in [6.07, 6.45) is 0.855. The summed E-state index contributed by atoms with van der Waals surface area (Å²) in [7, 11) is 0. The van der Waals surface area contributed by atoms with E-state index in [4.69, 9.17) is 16.3 Å². The summed E-state index contributed by atoms with van der Waals surface area (Å²) in [6.45, 7) is 2.47. The molecule has 1 aromatic carbocycles. The number of hydrogen-bond acceptors (Lipinski definition) is 3. The van der Waals surface area contributed by atoms with Crippen molar-refractivity contribution in [1.29, 1.82) is 0 Å². The molecule has 0 saturated heterocycles. The Balaban J connectivity index is 2.22. The van der Waals surface area contributed by atoms with Crippen molar-refractivity contribution in [2.45, 2.75) is 45.4 Å². The summed E-state index contributed by atoms with van der Waals surface area (Å²) in [4.78, 5) is 12.1. The number of alkyl carbamates (subject to hydrolysis) is 1. The molecule has 0 fully saturated rings. The van der Waals surface area contributed by atoms with Crippen LogP contribution in [0.3, 0.4) is 0 Å². The molecule has 25 heavy (non-hydrogen) atoms. The average molecular weight is 372 g/mol. The molecular formula is C17H20ClF2N3O2. The zero-order chi connectivity index (χ0) is 18.6. The molecule has 2 aromatic rings. The topological polar surface area (TPSA) is 56.1 Å². The van der Waals surface area contributed by atoms with Crippen LogP contribution < -0.4 is 5.32 Å². The molecule has 8 heteroatoms. The highest BCUT2D eigenvalue weighted by molar-refractivity contribution is 6.30. The first-order valence-electron chi connectivity index (χ1n) is 7.71. The maximum Gasteiger partial charge on any atom is 0.408 e. The third-order valence-corrected chi connectivity index (χ3v) is 3.44. The quantitative estimate of drug-likeness (QED) is 0.825.